The van der Waals surface area contributed by atoms with Crippen molar-refractivity contribution in [1.29, 1.82) is 0 Å². The Morgan fingerprint density at radius 3 is 2.72 bits per heavy atom. The fourth-order valence-corrected chi connectivity index (χ4v) is 2.43. The summed E-state index contributed by atoms with van der Waals surface area (Å²) in [5, 5.41) is 8.88. The van der Waals surface area contributed by atoms with Crippen molar-refractivity contribution in [2.24, 2.45) is 0 Å². The Kier molecular flexibility index (Phi) is 6.35. The van der Waals surface area contributed by atoms with Gasteiger partial charge in [-0.3, -0.25) is 14.4 Å². The maximum atomic E-state index is 12.8. The van der Waals surface area contributed by atoms with Gasteiger partial charge in [0.05, 0.1) is 24.7 Å². The molecule has 2 amide bonds. The lowest BCUT2D eigenvalue weighted by Gasteiger charge is -2.32. The van der Waals surface area contributed by atoms with Gasteiger partial charge in [0.25, 0.3) is 11.8 Å². The summed E-state index contributed by atoms with van der Waals surface area (Å²) in [6.07, 6.45) is -0.683. The first-order valence-electron chi connectivity index (χ1n) is 7.93. The number of carbonyl (C=O) groups excluding carboxylic acids is 2. The monoisotopic (exact) mass is 350 g/mol. The number of benzene rings is 1. The van der Waals surface area contributed by atoms with Crippen molar-refractivity contribution in [3.63, 3.8) is 0 Å². The third kappa shape index (κ3) is 5.18. The van der Waals surface area contributed by atoms with Crippen LogP contribution in [0, 0.1) is 0 Å². The van der Waals surface area contributed by atoms with Crippen molar-refractivity contribution < 1.29 is 29.0 Å². The molecule has 0 radical (unpaired) electrons. The number of nitrogens with zero attached hydrogens (tertiary/aromatic N) is 2. The van der Waals surface area contributed by atoms with Crippen LogP contribution in [0.25, 0.3) is 0 Å². The number of likely N-dealkylation sites (N-methyl/N-ethyl adjacent to an activating group) is 1. The van der Waals surface area contributed by atoms with Crippen molar-refractivity contribution in [1.82, 2.24) is 9.80 Å². The van der Waals surface area contributed by atoms with E-state index in [9.17, 15) is 14.4 Å². The minimum absolute atomic E-state index is 0.154. The van der Waals surface area contributed by atoms with Gasteiger partial charge in [0.15, 0.2) is 6.61 Å². The normalized spacial score (nSPS) is 17.0. The molecule has 1 N–H and O–H groups in total. The molecule has 8 heteroatoms. The summed E-state index contributed by atoms with van der Waals surface area (Å²) in [6, 6.07) is 6.69. The standard InChI is InChI=1S/C17H22N2O6/c1-18(2)15(20)11-25-14-6-4-3-5-13(14)17(23)19-7-8-24-12(10-19)9-16(21)22/h3-6,12H,7-11H2,1-2H3,(H,21,22). The molecule has 2 rings (SSSR count). The van der Waals surface area contributed by atoms with Gasteiger partial charge in [-0.05, 0) is 12.1 Å². The maximum Gasteiger partial charge on any atom is 0.306 e. The number of carboxylic acids is 1. The zero-order valence-corrected chi connectivity index (χ0v) is 14.3. The topological polar surface area (TPSA) is 96.4 Å². The third-order valence-corrected chi connectivity index (χ3v) is 3.80. The molecule has 0 aromatic heterocycles. The fourth-order valence-electron chi connectivity index (χ4n) is 2.43. The van der Waals surface area contributed by atoms with E-state index in [1.165, 1.54) is 4.90 Å². The number of ether oxygens (including phenoxy) is 2. The SMILES string of the molecule is CN(C)C(=O)COc1ccccc1C(=O)N1CCOC(CC(=O)O)C1. The van der Waals surface area contributed by atoms with E-state index >= 15 is 0 Å². The number of rotatable bonds is 6. The predicted octanol–water partition coefficient (Wildman–Crippen LogP) is 0.469. The van der Waals surface area contributed by atoms with Gasteiger partial charge < -0.3 is 24.4 Å². The van der Waals surface area contributed by atoms with Crippen LogP contribution in [0.5, 0.6) is 5.75 Å². The van der Waals surface area contributed by atoms with Crippen LogP contribution in [0.2, 0.25) is 0 Å². The van der Waals surface area contributed by atoms with Crippen molar-refractivity contribution in [2.45, 2.75) is 12.5 Å². The maximum absolute atomic E-state index is 12.8. The highest BCUT2D eigenvalue weighted by Gasteiger charge is 2.28. The number of para-hydroxylation sites is 1. The molecular weight excluding hydrogens is 328 g/mol. The average molecular weight is 350 g/mol. The van der Waals surface area contributed by atoms with Gasteiger partial charge in [-0.2, -0.15) is 0 Å². The highest BCUT2D eigenvalue weighted by molar-refractivity contribution is 5.97. The molecule has 1 aromatic carbocycles. The Hall–Kier alpha value is -2.61. The summed E-state index contributed by atoms with van der Waals surface area (Å²) in [7, 11) is 3.25. The molecule has 1 aliphatic rings. The second-order valence-corrected chi connectivity index (χ2v) is 5.91. The summed E-state index contributed by atoms with van der Waals surface area (Å²) < 4.78 is 10.9. The fraction of sp³-hybridized carbons (Fsp3) is 0.471. The quantitative estimate of drug-likeness (QED) is 0.801. The summed E-state index contributed by atoms with van der Waals surface area (Å²) in [4.78, 5) is 38.2. The lowest BCUT2D eigenvalue weighted by molar-refractivity contribution is -0.141. The first-order chi connectivity index (χ1) is 11.9. The van der Waals surface area contributed by atoms with Crippen LogP contribution in [0.4, 0.5) is 0 Å². The highest BCUT2D eigenvalue weighted by atomic mass is 16.5. The summed E-state index contributed by atoms with van der Waals surface area (Å²) in [6.45, 7) is 0.698. The van der Waals surface area contributed by atoms with Gasteiger partial charge in [0, 0.05) is 27.2 Å². The Morgan fingerprint density at radius 2 is 2.04 bits per heavy atom. The van der Waals surface area contributed by atoms with E-state index in [0.717, 1.165) is 0 Å². The van der Waals surface area contributed by atoms with Gasteiger partial charge in [-0.25, -0.2) is 0 Å². The molecule has 0 saturated carbocycles. The van der Waals surface area contributed by atoms with Gasteiger partial charge in [0.2, 0.25) is 0 Å². The van der Waals surface area contributed by atoms with Gasteiger partial charge in [0.1, 0.15) is 5.75 Å². The first-order valence-corrected chi connectivity index (χ1v) is 7.93. The van der Waals surface area contributed by atoms with Crippen LogP contribution in [-0.4, -0.2) is 79.2 Å². The molecule has 0 aliphatic carbocycles. The van der Waals surface area contributed by atoms with Crippen LogP contribution < -0.4 is 4.74 Å². The first kappa shape index (κ1) is 18.7. The number of hydrogen-bond acceptors (Lipinski definition) is 5. The van der Waals surface area contributed by atoms with E-state index in [-0.39, 0.29) is 38.0 Å². The Balaban J connectivity index is 2.08. The zero-order chi connectivity index (χ0) is 18.4. The molecule has 1 saturated heterocycles. The average Bonchev–Trinajstić information content (AvgIpc) is 2.58. The predicted molar refractivity (Wildman–Crippen MR) is 88.5 cm³/mol. The molecule has 1 fully saturated rings. The van der Waals surface area contributed by atoms with Gasteiger partial charge in [-0.1, -0.05) is 12.1 Å². The van der Waals surface area contributed by atoms with Crippen LogP contribution in [0.15, 0.2) is 24.3 Å². The molecule has 1 unspecified atom stereocenters. The van der Waals surface area contributed by atoms with Crippen molar-refractivity contribution >= 4 is 17.8 Å². The van der Waals surface area contributed by atoms with E-state index < -0.39 is 12.1 Å². The van der Waals surface area contributed by atoms with Crippen LogP contribution in [0.1, 0.15) is 16.8 Å². The van der Waals surface area contributed by atoms with Crippen molar-refractivity contribution in [3.8, 4) is 5.75 Å². The molecule has 1 heterocycles. The smallest absolute Gasteiger partial charge is 0.306 e. The molecular formula is C17H22N2O6. The summed E-state index contributed by atoms with van der Waals surface area (Å²) >= 11 is 0. The highest BCUT2D eigenvalue weighted by Crippen LogP contribution is 2.21. The van der Waals surface area contributed by atoms with E-state index in [4.69, 9.17) is 14.6 Å². The molecule has 8 nitrogen and oxygen atoms in total. The second-order valence-electron chi connectivity index (χ2n) is 5.91. The zero-order valence-electron chi connectivity index (χ0n) is 14.3. The molecule has 0 spiro atoms. The summed E-state index contributed by atoms with van der Waals surface area (Å²) in [5.41, 5.74) is 0.338. The van der Waals surface area contributed by atoms with E-state index in [1.54, 1.807) is 43.3 Å². The van der Waals surface area contributed by atoms with Crippen LogP contribution in [0.3, 0.4) is 0 Å². The largest absolute Gasteiger partial charge is 0.483 e. The van der Waals surface area contributed by atoms with Crippen LogP contribution >= 0.6 is 0 Å². The molecule has 0 bridgehead atoms. The van der Waals surface area contributed by atoms with Gasteiger partial charge >= 0.3 is 5.97 Å². The minimum atomic E-state index is -0.967. The summed E-state index contributed by atoms with van der Waals surface area (Å²) in [5.74, 6) is -1.13. The Morgan fingerprint density at radius 1 is 1.32 bits per heavy atom. The van der Waals surface area contributed by atoms with Gasteiger partial charge in [-0.15, -0.1) is 0 Å². The van der Waals surface area contributed by atoms with E-state index in [1.807, 2.05) is 0 Å². The molecule has 25 heavy (non-hydrogen) atoms. The lowest BCUT2D eigenvalue weighted by Crippen LogP contribution is -2.46. The van der Waals surface area contributed by atoms with E-state index in [0.29, 0.717) is 17.9 Å². The van der Waals surface area contributed by atoms with Crippen molar-refractivity contribution in [2.75, 3.05) is 40.4 Å². The molecule has 1 atom stereocenters. The number of morpholine rings is 1. The van der Waals surface area contributed by atoms with E-state index in [2.05, 4.69) is 0 Å². The number of amides is 2. The second kappa shape index (κ2) is 8.48. The third-order valence-electron chi connectivity index (χ3n) is 3.80. The molecule has 1 aromatic rings. The van der Waals surface area contributed by atoms with Crippen molar-refractivity contribution in [3.05, 3.63) is 29.8 Å². The lowest BCUT2D eigenvalue weighted by atomic mass is 10.1. The number of carboxylic acid groups (broad SMARTS) is 1. The number of carbonyl (C=O) groups is 3. The minimum Gasteiger partial charge on any atom is -0.483 e. The number of hydrogen-bond donors (Lipinski definition) is 1. The Bertz CT molecular complexity index is 646. The Labute approximate surface area is 145 Å². The molecule has 1 aliphatic heterocycles. The van der Waals surface area contributed by atoms with Crippen LogP contribution in [-0.2, 0) is 14.3 Å². The molecule has 136 valence electrons. The number of aliphatic carboxylic acids is 1.